The van der Waals surface area contributed by atoms with Crippen LogP contribution in [0.25, 0.3) is 0 Å². The average molecular weight is 567 g/mol. The molecule has 0 aliphatic rings. The molecule has 0 aliphatic heterocycles. The van der Waals surface area contributed by atoms with Crippen LogP contribution >= 0.6 is 0 Å². The van der Waals surface area contributed by atoms with E-state index >= 15 is 0 Å². The quantitative estimate of drug-likeness (QED) is 0.0559. The molecule has 0 heterocycles. The van der Waals surface area contributed by atoms with E-state index in [1.165, 1.54) is 116 Å². The topological polar surface area (TPSA) is 18.5 Å². The first-order valence-corrected chi connectivity index (χ1v) is 18.2. The molecule has 0 aliphatic carbocycles. The molecule has 2 heteroatoms. The van der Waals surface area contributed by atoms with Crippen LogP contribution in [-0.4, -0.2) is 12.2 Å². The predicted molar refractivity (Wildman–Crippen MR) is 180 cm³/mol. The highest BCUT2D eigenvalue weighted by atomic mass is 17.2. The molecule has 242 valence electrons. The second kappa shape index (κ2) is 24.4. The van der Waals surface area contributed by atoms with E-state index in [2.05, 4.69) is 69.2 Å². The van der Waals surface area contributed by atoms with Gasteiger partial charge in [0.15, 0.2) is 0 Å². The van der Waals surface area contributed by atoms with E-state index in [0.29, 0.717) is 10.8 Å². The van der Waals surface area contributed by atoms with E-state index in [0.717, 1.165) is 37.5 Å². The Balaban J connectivity index is 4.93. The van der Waals surface area contributed by atoms with E-state index in [9.17, 15) is 0 Å². The Morgan fingerprint density at radius 1 is 0.400 bits per heavy atom. The Bertz CT molecular complexity index is 481. The molecule has 4 unspecified atom stereocenters. The minimum atomic E-state index is 0.251. The Morgan fingerprint density at radius 3 is 1.00 bits per heavy atom. The van der Waals surface area contributed by atoms with Crippen LogP contribution in [0.2, 0.25) is 0 Å². The van der Waals surface area contributed by atoms with Gasteiger partial charge >= 0.3 is 0 Å². The third kappa shape index (κ3) is 28.1. The number of rotatable bonds is 27. The zero-order valence-electron chi connectivity index (χ0n) is 29.7. The zero-order valence-corrected chi connectivity index (χ0v) is 29.7. The van der Waals surface area contributed by atoms with Crippen molar-refractivity contribution in [3.8, 4) is 0 Å². The smallest absolute Gasteiger partial charge is 0.0930 e. The SMILES string of the molecule is CCCCCCCCCC(CCC(C)CC(C)(C)C)OOC(CCCCCCCCC)CCC(C)CC(C)(C)C. The lowest BCUT2D eigenvalue weighted by Gasteiger charge is -2.27. The largest absolute Gasteiger partial charge is 0.233 e. The zero-order chi connectivity index (χ0) is 30.3. The third-order valence-electron chi connectivity index (χ3n) is 8.47. The van der Waals surface area contributed by atoms with Gasteiger partial charge in [-0.15, -0.1) is 0 Å². The molecule has 0 aromatic heterocycles. The standard InChI is InChI=1S/C38H78O2/c1-11-13-15-17-19-21-23-25-35(29-27-33(3)31-37(5,6)7)39-40-36(26-24-22-20-18-16-14-12-2)30-28-34(4)32-38(8,9)10/h33-36H,11-32H2,1-10H3. The van der Waals surface area contributed by atoms with Gasteiger partial charge in [0.2, 0.25) is 0 Å². The van der Waals surface area contributed by atoms with Crippen LogP contribution in [0.4, 0.5) is 0 Å². The Labute approximate surface area is 254 Å². The van der Waals surface area contributed by atoms with Crippen LogP contribution in [0.3, 0.4) is 0 Å². The lowest BCUT2D eigenvalue weighted by Crippen LogP contribution is -2.22. The maximum Gasteiger partial charge on any atom is 0.0930 e. The molecule has 0 aromatic rings. The van der Waals surface area contributed by atoms with Crippen molar-refractivity contribution in [2.24, 2.45) is 22.7 Å². The summed E-state index contributed by atoms with van der Waals surface area (Å²) in [5.41, 5.74) is 0.798. The summed E-state index contributed by atoms with van der Waals surface area (Å²) in [6, 6.07) is 0. The van der Waals surface area contributed by atoms with Crippen molar-refractivity contribution < 1.29 is 9.78 Å². The van der Waals surface area contributed by atoms with Crippen molar-refractivity contribution in [1.82, 2.24) is 0 Å². The highest BCUT2D eigenvalue weighted by molar-refractivity contribution is 4.70. The van der Waals surface area contributed by atoms with Crippen LogP contribution < -0.4 is 0 Å². The summed E-state index contributed by atoms with van der Waals surface area (Å²) in [5.74, 6) is 1.48. The van der Waals surface area contributed by atoms with Crippen molar-refractivity contribution >= 4 is 0 Å². The summed E-state index contributed by atoms with van der Waals surface area (Å²) in [4.78, 5) is 12.7. The first-order chi connectivity index (χ1) is 18.9. The van der Waals surface area contributed by atoms with Crippen LogP contribution in [0, 0.1) is 22.7 Å². The molecule has 2 nitrogen and oxygen atoms in total. The molecular formula is C38H78O2. The molecule has 0 saturated heterocycles. The highest BCUT2D eigenvalue weighted by Gasteiger charge is 2.21. The van der Waals surface area contributed by atoms with E-state index in [1.807, 2.05) is 0 Å². The Hall–Kier alpha value is -0.0800. The number of hydrogen-bond acceptors (Lipinski definition) is 2. The second-order valence-electron chi connectivity index (χ2n) is 16.2. The molecule has 0 radical (unpaired) electrons. The minimum absolute atomic E-state index is 0.251. The van der Waals surface area contributed by atoms with Gasteiger partial charge in [-0.05, 0) is 74.0 Å². The molecule has 0 bridgehead atoms. The highest BCUT2D eigenvalue weighted by Crippen LogP contribution is 2.30. The summed E-state index contributed by atoms with van der Waals surface area (Å²) in [5, 5.41) is 0. The first-order valence-electron chi connectivity index (χ1n) is 18.2. The van der Waals surface area contributed by atoms with Crippen molar-refractivity contribution in [3.63, 3.8) is 0 Å². The molecule has 0 aromatic carbocycles. The van der Waals surface area contributed by atoms with Gasteiger partial charge < -0.3 is 0 Å². The molecule has 0 fully saturated rings. The second-order valence-corrected chi connectivity index (χ2v) is 16.2. The molecule has 40 heavy (non-hydrogen) atoms. The Kier molecular flexibility index (Phi) is 24.3. The average Bonchev–Trinajstić information content (AvgIpc) is 2.84. The summed E-state index contributed by atoms with van der Waals surface area (Å²) in [6.07, 6.45) is 29.1. The third-order valence-corrected chi connectivity index (χ3v) is 8.47. The molecule has 0 amide bonds. The van der Waals surface area contributed by atoms with Gasteiger partial charge in [0.1, 0.15) is 0 Å². The van der Waals surface area contributed by atoms with Gasteiger partial charge in [0, 0.05) is 0 Å². The fraction of sp³-hybridized carbons (Fsp3) is 1.00. The minimum Gasteiger partial charge on any atom is -0.233 e. The van der Waals surface area contributed by atoms with E-state index < -0.39 is 0 Å². The van der Waals surface area contributed by atoms with Crippen molar-refractivity contribution in [3.05, 3.63) is 0 Å². The molecule has 0 rings (SSSR count). The van der Waals surface area contributed by atoms with E-state index in [4.69, 9.17) is 9.78 Å². The lowest BCUT2D eigenvalue weighted by atomic mass is 9.83. The summed E-state index contributed by atoms with van der Waals surface area (Å²) in [7, 11) is 0. The Morgan fingerprint density at radius 2 is 0.700 bits per heavy atom. The lowest BCUT2D eigenvalue weighted by molar-refractivity contribution is -0.355. The number of unbranched alkanes of at least 4 members (excludes halogenated alkanes) is 12. The summed E-state index contributed by atoms with van der Waals surface area (Å²) < 4.78 is 0. The number of hydrogen-bond donors (Lipinski definition) is 0. The van der Waals surface area contributed by atoms with Crippen LogP contribution in [0.15, 0.2) is 0 Å². The molecule has 4 atom stereocenters. The van der Waals surface area contributed by atoms with Crippen molar-refractivity contribution in [2.75, 3.05) is 0 Å². The van der Waals surface area contributed by atoms with Gasteiger partial charge in [-0.25, -0.2) is 9.78 Å². The molecule has 0 spiro atoms. The van der Waals surface area contributed by atoms with E-state index in [1.54, 1.807) is 0 Å². The molecular weight excluding hydrogens is 488 g/mol. The molecule has 0 saturated carbocycles. The predicted octanol–water partition coefficient (Wildman–Crippen LogP) is 13.7. The van der Waals surface area contributed by atoms with Gasteiger partial charge in [0.25, 0.3) is 0 Å². The fourth-order valence-electron chi connectivity index (χ4n) is 6.53. The first kappa shape index (κ1) is 39.9. The van der Waals surface area contributed by atoms with Crippen LogP contribution in [-0.2, 0) is 9.78 Å². The van der Waals surface area contributed by atoms with Crippen molar-refractivity contribution in [1.29, 1.82) is 0 Å². The summed E-state index contributed by atoms with van der Waals surface area (Å²) >= 11 is 0. The van der Waals surface area contributed by atoms with Gasteiger partial charge in [-0.2, -0.15) is 0 Å². The van der Waals surface area contributed by atoms with Gasteiger partial charge in [0.05, 0.1) is 12.2 Å². The normalized spacial score (nSPS) is 15.8. The van der Waals surface area contributed by atoms with Gasteiger partial charge in [-0.3, -0.25) is 0 Å². The molecule has 0 N–H and O–H groups in total. The van der Waals surface area contributed by atoms with Crippen LogP contribution in [0.1, 0.15) is 210 Å². The monoisotopic (exact) mass is 567 g/mol. The maximum atomic E-state index is 6.37. The van der Waals surface area contributed by atoms with Gasteiger partial charge in [-0.1, -0.05) is 159 Å². The maximum absolute atomic E-state index is 6.37. The fourth-order valence-corrected chi connectivity index (χ4v) is 6.53. The van der Waals surface area contributed by atoms with E-state index in [-0.39, 0.29) is 12.2 Å². The summed E-state index contributed by atoms with van der Waals surface area (Å²) in [6.45, 7) is 23.7. The van der Waals surface area contributed by atoms with Crippen LogP contribution in [0.5, 0.6) is 0 Å². The van der Waals surface area contributed by atoms with Crippen molar-refractivity contribution in [2.45, 2.75) is 223 Å².